The van der Waals surface area contributed by atoms with Crippen molar-refractivity contribution in [2.45, 2.75) is 19.3 Å². The lowest BCUT2D eigenvalue weighted by Gasteiger charge is -2.18. The Kier molecular flexibility index (Phi) is 4.81. The maximum atomic E-state index is 12.5. The molecular formula is C21H23N3O4. The molecule has 2 N–H and O–H groups in total. The molecule has 0 aromatic heterocycles. The largest absolute Gasteiger partial charge is 0.493 e. The van der Waals surface area contributed by atoms with Crippen molar-refractivity contribution in [2.24, 2.45) is 5.92 Å². The van der Waals surface area contributed by atoms with Gasteiger partial charge in [-0.3, -0.25) is 4.79 Å². The van der Waals surface area contributed by atoms with Gasteiger partial charge in [-0.1, -0.05) is 12.1 Å². The predicted molar refractivity (Wildman–Crippen MR) is 107 cm³/mol. The number of benzene rings is 2. The summed E-state index contributed by atoms with van der Waals surface area (Å²) in [5.41, 5.74) is 3.17. The Morgan fingerprint density at radius 2 is 1.89 bits per heavy atom. The van der Waals surface area contributed by atoms with Gasteiger partial charge in [-0.25, -0.2) is 4.79 Å². The van der Waals surface area contributed by atoms with E-state index in [0.29, 0.717) is 29.4 Å². The van der Waals surface area contributed by atoms with E-state index in [1.807, 2.05) is 23.1 Å². The fourth-order valence-electron chi connectivity index (χ4n) is 3.51. The first-order valence-corrected chi connectivity index (χ1v) is 9.34. The normalized spacial score (nSPS) is 15.0. The first-order chi connectivity index (χ1) is 13.6. The van der Waals surface area contributed by atoms with Gasteiger partial charge in [0.1, 0.15) is 0 Å². The second kappa shape index (κ2) is 7.42. The average Bonchev–Trinajstić information content (AvgIpc) is 3.47. The number of para-hydroxylation sites is 1. The summed E-state index contributed by atoms with van der Waals surface area (Å²) in [6.07, 6.45) is 2.81. The van der Waals surface area contributed by atoms with Gasteiger partial charge in [0.05, 0.1) is 19.9 Å². The van der Waals surface area contributed by atoms with Gasteiger partial charge >= 0.3 is 6.03 Å². The van der Waals surface area contributed by atoms with Crippen molar-refractivity contribution < 1.29 is 19.1 Å². The van der Waals surface area contributed by atoms with Gasteiger partial charge in [-0.2, -0.15) is 0 Å². The number of anilines is 3. The van der Waals surface area contributed by atoms with Gasteiger partial charge < -0.3 is 25.0 Å². The van der Waals surface area contributed by atoms with Crippen LogP contribution in [0.3, 0.4) is 0 Å². The molecule has 1 saturated carbocycles. The van der Waals surface area contributed by atoms with Crippen LogP contribution in [0.25, 0.3) is 0 Å². The molecule has 0 atom stereocenters. The van der Waals surface area contributed by atoms with E-state index in [1.54, 1.807) is 25.3 Å². The lowest BCUT2D eigenvalue weighted by atomic mass is 10.1. The van der Waals surface area contributed by atoms with Crippen molar-refractivity contribution >= 4 is 29.0 Å². The number of fused-ring (bicyclic) bond motifs is 1. The zero-order chi connectivity index (χ0) is 19.7. The van der Waals surface area contributed by atoms with E-state index in [2.05, 4.69) is 10.6 Å². The summed E-state index contributed by atoms with van der Waals surface area (Å²) in [6.45, 7) is 0.710. The van der Waals surface area contributed by atoms with Gasteiger partial charge in [-0.05, 0) is 49.1 Å². The van der Waals surface area contributed by atoms with E-state index >= 15 is 0 Å². The number of methoxy groups -OCH3 is 2. The highest BCUT2D eigenvalue weighted by Gasteiger charge is 2.36. The number of urea groups is 1. The zero-order valence-corrected chi connectivity index (χ0v) is 16.0. The molecule has 1 aliphatic carbocycles. The van der Waals surface area contributed by atoms with Crippen LogP contribution >= 0.6 is 0 Å². The molecule has 2 aliphatic rings. The molecule has 7 heteroatoms. The van der Waals surface area contributed by atoms with Crippen LogP contribution in [0.5, 0.6) is 11.5 Å². The number of nitrogens with zero attached hydrogens (tertiary/aromatic N) is 1. The Labute approximate surface area is 163 Å². The third-order valence-electron chi connectivity index (χ3n) is 5.08. The zero-order valence-electron chi connectivity index (χ0n) is 16.0. The molecule has 1 heterocycles. The molecule has 1 aliphatic heterocycles. The topological polar surface area (TPSA) is 79.9 Å². The fourth-order valence-corrected chi connectivity index (χ4v) is 3.51. The highest BCUT2D eigenvalue weighted by molar-refractivity contribution is 6.03. The second-order valence-corrected chi connectivity index (χ2v) is 6.98. The summed E-state index contributed by atoms with van der Waals surface area (Å²) in [7, 11) is 3.06. The van der Waals surface area contributed by atoms with E-state index in [4.69, 9.17) is 9.47 Å². The van der Waals surface area contributed by atoms with Crippen LogP contribution in [-0.2, 0) is 11.2 Å². The van der Waals surface area contributed by atoms with E-state index in [0.717, 1.165) is 30.5 Å². The molecule has 0 bridgehead atoms. The van der Waals surface area contributed by atoms with Crippen LogP contribution < -0.4 is 25.0 Å². The first-order valence-electron chi connectivity index (χ1n) is 9.34. The minimum Gasteiger partial charge on any atom is -0.493 e. The van der Waals surface area contributed by atoms with Crippen molar-refractivity contribution in [2.75, 3.05) is 36.3 Å². The highest BCUT2D eigenvalue weighted by atomic mass is 16.5. The number of carbonyl (C=O) groups is 2. The Hall–Kier alpha value is -3.22. The van der Waals surface area contributed by atoms with E-state index in [9.17, 15) is 9.59 Å². The van der Waals surface area contributed by atoms with Crippen LogP contribution in [0.15, 0.2) is 36.4 Å². The van der Waals surface area contributed by atoms with Crippen molar-refractivity contribution in [1.82, 2.24) is 0 Å². The summed E-state index contributed by atoms with van der Waals surface area (Å²) in [6, 6.07) is 10.6. The molecule has 0 radical (unpaired) electrons. The van der Waals surface area contributed by atoms with Crippen LogP contribution in [0.1, 0.15) is 18.4 Å². The minimum absolute atomic E-state index is 0.173. The standard InChI is InChI=1S/C21H23N3O4/c1-27-18-5-3-4-16(19(18)28-2)23-21(26)22-15-9-8-13-10-11-24(17(13)12-15)20(25)14-6-7-14/h3-5,8-9,12,14H,6-7,10-11H2,1-2H3,(H2,22,23,26). The lowest BCUT2D eigenvalue weighted by molar-refractivity contribution is -0.119. The van der Waals surface area contributed by atoms with Crippen molar-refractivity contribution in [3.63, 3.8) is 0 Å². The molecule has 0 spiro atoms. The Balaban J connectivity index is 1.49. The van der Waals surface area contributed by atoms with Crippen molar-refractivity contribution in [3.05, 3.63) is 42.0 Å². The Morgan fingerprint density at radius 3 is 2.61 bits per heavy atom. The summed E-state index contributed by atoms with van der Waals surface area (Å²) < 4.78 is 10.6. The minimum atomic E-state index is -0.399. The SMILES string of the molecule is COc1cccc(NC(=O)Nc2ccc3c(c2)N(C(=O)C2CC2)CC3)c1OC. The molecule has 0 unspecified atom stereocenters. The number of carbonyl (C=O) groups excluding carboxylic acids is 2. The van der Waals surface area contributed by atoms with Crippen LogP contribution in [0, 0.1) is 5.92 Å². The van der Waals surface area contributed by atoms with Crippen LogP contribution in [-0.4, -0.2) is 32.7 Å². The summed E-state index contributed by atoms with van der Waals surface area (Å²) in [5, 5.41) is 5.61. The van der Waals surface area contributed by atoms with Gasteiger partial charge in [0.25, 0.3) is 0 Å². The number of nitrogens with one attached hydrogen (secondary N) is 2. The van der Waals surface area contributed by atoms with E-state index in [-0.39, 0.29) is 11.8 Å². The van der Waals surface area contributed by atoms with Crippen LogP contribution in [0.2, 0.25) is 0 Å². The number of hydrogen-bond acceptors (Lipinski definition) is 4. The number of rotatable bonds is 5. The second-order valence-electron chi connectivity index (χ2n) is 6.98. The molecule has 2 aromatic carbocycles. The van der Waals surface area contributed by atoms with Crippen molar-refractivity contribution in [3.8, 4) is 11.5 Å². The molecule has 3 amide bonds. The lowest BCUT2D eigenvalue weighted by Crippen LogP contribution is -2.30. The monoisotopic (exact) mass is 381 g/mol. The summed E-state index contributed by atoms with van der Waals surface area (Å²) >= 11 is 0. The number of amides is 3. The molecule has 0 saturated heterocycles. The van der Waals surface area contributed by atoms with Crippen molar-refractivity contribution in [1.29, 1.82) is 0 Å². The van der Waals surface area contributed by atoms with Gasteiger partial charge in [0.15, 0.2) is 11.5 Å². The third kappa shape index (κ3) is 3.47. The summed E-state index contributed by atoms with van der Waals surface area (Å²) in [5.74, 6) is 1.36. The smallest absolute Gasteiger partial charge is 0.323 e. The van der Waals surface area contributed by atoms with E-state index < -0.39 is 6.03 Å². The maximum Gasteiger partial charge on any atom is 0.323 e. The first kappa shape index (κ1) is 18.2. The van der Waals surface area contributed by atoms with Crippen LogP contribution in [0.4, 0.5) is 21.9 Å². The molecular weight excluding hydrogens is 358 g/mol. The maximum absolute atomic E-state index is 12.5. The average molecular weight is 381 g/mol. The number of hydrogen-bond donors (Lipinski definition) is 2. The number of ether oxygens (including phenoxy) is 2. The molecule has 1 fully saturated rings. The Bertz CT molecular complexity index is 924. The molecule has 28 heavy (non-hydrogen) atoms. The predicted octanol–water partition coefficient (Wildman–Crippen LogP) is 3.65. The third-order valence-corrected chi connectivity index (χ3v) is 5.08. The quantitative estimate of drug-likeness (QED) is 0.829. The Morgan fingerprint density at radius 1 is 1.07 bits per heavy atom. The summed E-state index contributed by atoms with van der Waals surface area (Å²) in [4.78, 5) is 26.8. The molecule has 146 valence electrons. The van der Waals surface area contributed by atoms with E-state index in [1.165, 1.54) is 7.11 Å². The fraction of sp³-hybridized carbons (Fsp3) is 0.333. The molecule has 2 aromatic rings. The van der Waals surface area contributed by atoms with Gasteiger partial charge in [-0.15, -0.1) is 0 Å². The highest BCUT2D eigenvalue weighted by Crippen LogP contribution is 2.38. The molecule has 4 rings (SSSR count). The molecule has 7 nitrogen and oxygen atoms in total. The van der Waals surface area contributed by atoms with Gasteiger partial charge in [0.2, 0.25) is 5.91 Å². The van der Waals surface area contributed by atoms with Gasteiger partial charge in [0, 0.05) is 23.8 Å².